The van der Waals surface area contributed by atoms with E-state index in [1.807, 2.05) is 4.57 Å². The zero-order valence-corrected chi connectivity index (χ0v) is 10.4. The first-order chi connectivity index (χ1) is 8.27. The molecule has 0 aliphatic heterocycles. The molecule has 6 heteroatoms. The van der Waals surface area contributed by atoms with Crippen LogP contribution in [-0.4, -0.2) is 31.2 Å². The van der Waals surface area contributed by atoms with Gasteiger partial charge in [0.15, 0.2) is 10.8 Å². The molecule has 0 saturated carbocycles. The first-order valence-corrected chi connectivity index (χ1v) is 6.09. The summed E-state index contributed by atoms with van der Waals surface area (Å²) in [6.07, 6.45) is 5.88. The molecule has 17 heavy (non-hydrogen) atoms. The summed E-state index contributed by atoms with van der Waals surface area (Å²) in [5.74, 6) is 0. The number of rotatable bonds is 5. The first kappa shape index (κ1) is 12.3. The number of imidazole rings is 1. The third-order valence-corrected chi connectivity index (χ3v) is 3.07. The minimum Gasteiger partial charge on any atom is -0.396 e. The Hall–Kier alpha value is -1.20. The number of halogens is 1. The lowest BCUT2D eigenvalue weighted by Gasteiger charge is -2.16. The molecule has 0 saturated heterocycles. The smallest absolute Gasteiger partial charge is 0.165 e. The van der Waals surface area contributed by atoms with Gasteiger partial charge in [0.25, 0.3) is 0 Å². The standard InChI is InChI=1S/C11H15ClN4O/c1-2-3-8(4-5-17)16-7-15-9-10(12)13-6-14-11(9)16/h6-8,17H,2-5H2,1H3. The highest BCUT2D eigenvalue weighted by Crippen LogP contribution is 2.24. The molecule has 0 fully saturated rings. The van der Waals surface area contributed by atoms with Crippen molar-refractivity contribution in [3.05, 3.63) is 17.8 Å². The average Bonchev–Trinajstić information content (AvgIpc) is 2.74. The molecule has 5 nitrogen and oxygen atoms in total. The molecule has 0 radical (unpaired) electrons. The topological polar surface area (TPSA) is 63.8 Å². The fourth-order valence-electron chi connectivity index (χ4n) is 2.00. The molecular weight excluding hydrogens is 240 g/mol. The number of fused-ring (bicyclic) bond motifs is 1. The average molecular weight is 255 g/mol. The van der Waals surface area contributed by atoms with Crippen LogP contribution in [0.4, 0.5) is 0 Å². The van der Waals surface area contributed by atoms with Crippen LogP contribution in [0.5, 0.6) is 0 Å². The second-order valence-corrected chi connectivity index (χ2v) is 4.30. The van der Waals surface area contributed by atoms with Crippen LogP contribution in [-0.2, 0) is 0 Å². The van der Waals surface area contributed by atoms with Crippen LogP contribution >= 0.6 is 11.6 Å². The van der Waals surface area contributed by atoms with Gasteiger partial charge < -0.3 is 9.67 Å². The summed E-state index contributed by atoms with van der Waals surface area (Å²) < 4.78 is 1.97. The number of nitrogens with zero attached hydrogens (tertiary/aromatic N) is 4. The van der Waals surface area contributed by atoms with Gasteiger partial charge in [0.2, 0.25) is 0 Å². The van der Waals surface area contributed by atoms with E-state index in [9.17, 15) is 0 Å². The van der Waals surface area contributed by atoms with Crippen molar-refractivity contribution in [1.82, 2.24) is 19.5 Å². The van der Waals surface area contributed by atoms with E-state index in [2.05, 4.69) is 21.9 Å². The summed E-state index contributed by atoms with van der Waals surface area (Å²) in [7, 11) is 0. The van der Waals surface area contributed by atoms with Crippen LogP contribution in [0.2, 0.25) is 5.15 Å². The van der Waals surface area contributed by atoms with E-state index >= 15 is 0 Å². The molecule has 92 valence electrons. The molecule has 0 aromatic carbocycles. The van der Waals surface area contributed by atoms with E-state index < -0.39 is 0 Å². The van der Waals surface area contributed by atoms with Gasteiger partial charge in [-0.2, -0.15) is 0 Å². The Morgan fingerprint density at radius 2 is 2.18 bits per heavy atom. The molecule has 0 spiro atoms. The largest absolute Gasteiger partial charge is 0.396 e. The summed E-state index contributed by atoms with van der Waals surface area (Å²) in [5.41, 5.74) is 1.35. The Labute approximate surface area is 104 Å². The molecule has 2 aromatic rings. The van der Waals surface area contributed by atoms with Crippen LogP contribution in [0.1, 0.15) is 32.2 Å². The van der Waals surface area contributed by atoms with Gasteiger partial charge in [-0.3, -0.25) is 0 Å². The number of hydrogen-bond donors (Lipinski definition) is 1. The van der Waals surface area contributed by atoms with Gasteiger partial charge in [0.05, 0.1) is 6.33 Å². The quantitative estimate of drug-likeness (QED) is 0.831. The monoisotopic (exact) mass is 254 g/mol. The second kappa shape index (κ2) is 5.42. The van der Waals surface area contributed by atoms with Gasteiger partial charge in [-0.15, -0.1) is 0 Å². The van der Waals surface area contributed by atoms with Gasteiger partial charge in [0.1, 0.15) is 11.8 Å². The zero-order chi connectivity index (χ0) is 12.3. The maximum atomic E-state index is 9.10. The van der Waals surface area contributed by atoms with Crippen molar-refractivity contribution < 1.29 is 5.11 Å². The Morgan fingerprint density at radius 3 is 2.88 bits per heavy atom. The maximum Gasteiger partial charge on any atom is 0.165 e. The zero-order valence-electron chi connectivity index (χ0n) is 9.67. The number of aliphatic hydroxyl groups excluding tert-OH is 1. The van der Waals surface area contributed by atoms with Crippen molar-refractivity contribution in [1.29, 1.82) is 0 Å². The molecule has 0 aliphatic rings. The lowest BCUT2D eigenvalue weighted by molar-refractivity contribution is 0.253. The van der Waals surface area contributed by atoms with Crippen molar-refractivity contribution >= 4 is 22.8 Å². The van der Waals surface area contributed by atoms with E-state index in [1.54, 1.807) is 6.33 Å². The van der Waals surface area contributed by atoms with Gasteiger partial charge in [-0.05, 0) is 12.8 Å². The normalized spacial score (nSPS) is 13.1. The van der Waals surface area contributed by atoms with Crippen molar-refractivity contribution in [2.24, 2.45) is 0 Å². The molecule has 1 unspecified atom stereocenters. The summed E-state index contributed by atoms with van der Waals surface area (Å²) in [4.78, 5) is 12.3. The molecule has 1 atom stereocenters. The minimum absolute atomic E-state index is 0.156. The fraction of sp³-hybridized carbons (Fsp3) is 0.545. The van der Waals surface area contributed by atoms with Crippen LogP contribution in [0.15, 0.2) is 12.7 Å². The molecule has 0 aliphatic carbocycles. The van der Waals surface area contributed by atoms with Gasteiger partial charge >= 0.3 is 0 Å². The van der Waals surface area contributed by atoms with Crippen LogP contribution in [0, 0.1) is 0 Å². The summed E-state index contributed by atoms with van der Waals surface area (Å²) in [6.45, 7) is 2.27. The Morgan fingerprint density at radius 1 is 1.35 bits per heavy atom. The van der Waals surface area contributed by atoms with Gasteiger partial charge in [0, 0.05) is 12.6 Å². The van der Waals surface area contributed by atoms with Gasteiger partial charge in [-0.25, -0.2) is 15.0 Å². The van der Waals surface area contributed by atoms with E-state index in [-0.39, 0.29) is 12.6 Å². The van der Waals surface area contributed by atoms with E-state index in [1.165, 1.54) is 6.33 Å². The lowest BCUT2D eigenvalue weighted by atomic mass is 10.1. The van der Waals surface area contributed by atoms with E-state index in [0.717, 1.165) is 18.5 Å². The van der Waals surface area contributed by atoms with E-state index in [4.69, 9.17) is 16.7 Å². The van der Waals surface area contributed by atoms with Crippen molar-refractivity contribution in [3.63, 3.8) is 0 Å². The second-order valence-electron chi connectivity index (χ2n) is 3.94. The molecular formula is C11H15ClN4O. The summed E-state index contributed by atoms with van der Waals surface area (Å²) in [6, 6.07) is 0.209. The van der Waals surface area contributed by atoms with Crippen LogP contribution in [0.3, 0.4) is 0 Å². The predicted octanol–water partition coefficient (Wildman–Crippen LogP) is 2.20. The molecule has 2 rings (SSSR count). The predicted molar refractivity (Wildman–Crippen MR) is 66.0 cm³/mol. The molecule has 1 N–H and O–H groups in total. The van der Waals surface area contributed by atoms with E-state index in [0.29, 0.717) is 17.1 Å². The van der Waals surface area contributed by atoms with Crippen molar-refractivity contribution in [3.8, 4) is 0 Å². The highest BCUT2D eigenvalue weighted by molar-refractivity contribution is 6.33. The summed E-state index contributed by atoms with van der Waals surface area (Å²) >= 11 is 5.95. The minimum atomic E-state index is 0.156. The Bertz CT molecular complexity index is 493. The highest BCUT2D eigenvalue weighted by atomic mass is 35.5. The van der Waals surface area contributed by atoms with Gasteiger partial charge in [-0.1, -0.05) is 24.9 Å². The van der Waals surface area contributed by atoms with Crippen LogP contribution < -0.4 is 0 Å². The third kappa shape index (κ3) is 2.40. The third-order valence-electron chi connectivity index (χ3n) is 2.79. The SMILES string of the molecule is CCCC(CCO)n1cnc2c(Cl)ncnc21. The number of aliphatic hydroxyl groups is 1. The molecule has 0 amide bonds. The van der Waals surface area contributed by atoms with Crippen molar-refractivity contribution in [2.45, 2.75) is 32.2 Å². The number of aromatic nitrogens is 4. The van der Waals surface area contributed by atoms with Crippen molar-refractivity contribution in [2.75, 3.05) is 6.61 Å². The maximum absolute atomic E-state index is 9.10. The van der Waals surface area contributed by atoms with Crippen LogP contribution in [0.25, 0.3) is 11.2 Å². The molecule has 2 heterocycles. The molecule has 2 aromatic heterocycles. The first-order valence-electron chi connectivity index (χ1n) is 5.71. The highest BCUT2D eigenvalue weighted by Gasteiger charge is 2.15. The Balaban J connectivity index is 2.42. The number of hydrogen-bond acceptors (Lipinski definition) is 4. The fourth-order valence-corrected chi connectivity index (χ4v) is 2.17. The molecule has 0 bridgehead atoms. The lowest BCUT2D eigenvalue weighted by Crippen LogP contribution is -2.10. The Kier molecular flexibility index (Phi) is 3.91. The summed E-state index contributed by atoms with van der Waals surface area (Å²) in [5, 5.41) is 9.46.